The van der Waals surface area contributed by atoms with E-state index in [2.05, 4.69) is 20.6 Å². The Balaban J connectivity index is 1.50. The van der Waals surface area contributed by atoms with Crippen molar-refractivity contribution in [2.75, 3.05) is 36.1 Å². The van der Waals surface area contributed by atoms with Crippen LogP contribution < -0.4 is 16.4 Å². The molecule has 29 heavy (non-hydrogen) atoms. The first-order chi connectivity index (χ1) is 14.2. The third kappa shape index (κ3) is 5.28. The maximum absolute atomic E-state index is 6.44. The van der Waals surface area contributed by atoms with Gasteiger partial charge in [-0.25, -0.2) is 15.0 Å². The van der Waals surface area contributed by atoms with Crippen LogP contribution in [0, 0.1) is 5.92 Å². The molecule has 7 nitrogen and oxygen atoms in total. The summed E-state index contributed by atoms with van der Waals surface area (Å²) in [4.78, 5) is 13.5. The third-order valence-corrected chi connectivity index (χ3v) is 6.09. The first kappa shape index (κ1) is 20.2. The highest BCUT2D eigenvalue weighted by molar-refractivity contribution is 6.33. The van der Waals surface area contributed by atoms with E-state index in [4.69, 9.17) is 27.1 Å². The molecule has 0 aromatic carbocycles. The van der Waals surface area contributed by atoms with E-state index in [9.17, 15) is 0 Å². The summed E-state index contributed by atoms with van der Waals surface area (Å²) in [5.74, 6) is 2.38. The minimum atomic E-state index is 0.395. The zero-order valence-electron chi connectivity index (χ0n) is 16.7. The van der Waals surface area contributed by atoms with Crippen molar-refractivity contribution in [3.63, 3.8) is 0 Å². The van der Waals surface area contributed by atoms with Gasteiger partial charge in [-0.15, -0.1) is 0 Å². The Bertz CT molecular complexity index is 821. The van der Waals surface area contributed by atoms with Crippen molar-refractivity contribution in [3.05, 3.63) is 23.5 Å². The second-order valence-corrected chi connectivity index (χ2v) is 8.36. The Morgan fingerprint density at radius 1 is 1.07 bits per heavy atom. The largest absolute Gasteiger partial charge is 0.381 e. The maximum atomic E-state index is 6.44. The number of anilines is 3. The van der Waals surface area contributed by atoms with Crippen molar-refractivity contribution in [2.45, 2.75) is 51.0 Å². The molecule has 2 fully saturated rings. The molecule has 1 saturated heterocycles. The van der Waals surface area contributed by atoms with Crippen molar-refractivity contribution in [3.8, 4) is 11.3 Å². The van der Waals surface area contributed by atoms with Crippen LogP contribution in [0.2, 0.25) is 5.02 Å². The summed E-state index contributed by atoms with van der Waals surface area (Å²) in [6.45, 7) is 2.44. The first-order valence-corrected chi connectivity index (χ1v) is 10.9. The molecule has 1 saturated carbocycles. The molecule has 0 spiro atoms. The van der Waals surface area contributed by atoms with Gasteiger partial charge in [-0.2, -0.15) is 0 Å². The standard InChI is InChI=1S/C21H29ClN6O/c22-17-12-24-19(27-15-4-2-1-3-5-15)10-16(17)18-13-25-20(23)21(28-18)26-11-14-6-8-29-9-7-14/h10,12-15H,1-9,11H2,(H2,23,25)(H,24,27)(H,26,28). The smallest absolute Gasteiger partial charge is 0.169 e. The molecular weight excluding hydrogens is 388 g/mol. The van der Waals surface area contributed by atoms with E-state index in [0.717, 1.165) is 44.0 Å². The van der Waals surface area contributed by atoms with Crippen molar-refractivity contribution in [1.82, 2.24) is 15.0 Å². The Kier molecular flexibility index (Phi) is 6.67. The van der Waals surface area contributed by atoms with E-state index < -0.39 is 0 Å². The van der Waals surface area contributed by atoms with Gasteiger partial charge in [0.15, 0.2) is 11.6 Å². The molecule has 0 radical (unpaired) electrons. The van der Waals surface area contributed by atoms with Gasteiger partial charge in [-0.05, 0) is 37.7 Å². The molecule has 1 aliphatic carbocycles. The molecule has 4 N–H and O–H groups in total. The highest BCUT2D eigenvalue weighted by Crippen LogP contribution is 2.30. The second-order valence-electron chi connectivity index (χ2n) is 7.95. The number of hydrogen-bond acceptors (Lipinski definition) is 7. The highest BCUT2D eigenvalue weighted by atomic mass is 35.5. The lowest BCUT2D eigenvalue weighted by Gasteiger charge is -2.23. The molecule has 0 amide bonds. The molecule has 0 atom stereocenters. The highest BCUT2D eigenvalue weighted by Gasteiger charge is 2.17. The van der Waals surface area contributed by atoms with Crippen molar-refractivity contribution in [1.29, 1.82) is 0 Å². The molecule has 2 aromatic rings. The zero-order chi connectivity index (χ0) is 20.1. The molecule has 2 aliphatic rings. The van der Waals surface area contributed by atoms with Gasteiger partial charge < -0.3 is 21.1 Å². The number of nitrogens with one attached hydrogen (secondary N) is 2. The van der Waals surface area contributed by atoms with Crippen LogP contribution in [0.15, 0.2) is 18.5 Å². The van der Waals surface area contributed by atoms with Crippen molar-refractivity contribution in [2.24, 2.45) is 5.92 Å². The van der Waals surface area contributed by atoms with E-state index in [1.54, 1.807) is 12.4 Å². The van der Waals surface area contributed by atoms with E-state index in [-0.39, 0.29) is 0 Å². The number of nitrogen functional groups attached to an aromatic ring is 1. The van der Waals surface area contributed by atoms with Crippen molar-refractivity contribution >= 4 is 29.1 Å². The van der Waals surface area contributed by atoms with Crippen LogP contribution in [-0.4, -0.2) is 40.8 Å². The molecule has 0 bridgehead atoms. The van der Waals surface area contributed by atoms with Crippen LogP contribution in [-0.2, 0) is 4.74 Å². The topological polar surface area (TPSA) is 98.0 Å². The molecule has 4 rings (SSSR count). The van der Waals surface area contributed by atoms with Gasteiger partial charge in [0.1, 0.15) is 5.82 Å². The van der Waals surface area contributed by atoms with Gasteiger partial charge in [0.05, 0.1) is 16.9 Å². The van der Waals surface area contributed by atoms with Crippen LogP contribution in [0.3, 0.4) is 0 Å². The number of nitrogens with two attached hydrogens (primary N) is 1. The quantitative estimate of drug-likeness (QED) is 0.643. The summed E-state index contributed by atoms with van der Waals surface area (Å²) in [6.07, 6.45) is 11.7. The predicted octanol–water partition coefficient (Wildman–Crippen LogP) is 4.36. The monoisotopic (exact) mass is 416 g/mol. The Morgan fingerprint density at radius 2 is 1.86 bits per heavy atom. The minimum absolute atomic E-state index is 0.395. The molecule has 1 aliphatic heterocycles. The normalized spacial score (nSPS) is 18.5. The van der Waals surface area contributed by atoms with E-state index in [1.165, 1.54) is 32.1 Å². The van der Waals surface area contributed by atoms with Gasteiger partial charge in [0.2, 0.25) is 0 Å². The summed E-state index contributed by atoms with van der Waals surface area (Å²) < 4.78 is 5.42. The lowest BCUT2D eigenvalue weighted by Crippen LogP contribution is -2.23. The minimum Gasteiger partial charge on any atom is -0.381 e. The predicted molar refractivity (Wildman–Crippen MR) is 117 cm³/mol. The summed E-state index contributed by atoms with van der Waals surface area (Å²) in [6, 6.07) is 2.43. The fourth-order valence-corrected chi connectivity index (χ4v) is 4.22. The average molecular weight is 417 g/mol. The summed E-state index contributed by atoms with van der Waals surface area (Å²) >= 11 is 6.44. The van der Waals surface area contributed by atoms with Gasteiger partial charge in [-0.3, -0.25) is 0 Å². The van der Waals surface area contributed by atoms with E-state index in [1.807, 2.05) is 6.07 Å². The number of halogens is 1. The molecule has 2 aromatic heterocycles. The average Bonchev–Trinajstić information content (AvgIpc) is 2.76. The van der Waals surface area contributed by atoms with Crippen LogP contribution in [0.25, 0.3) is 11.3 Å². The van der Waals surface area contributed by atoms with E-state index in [0.29, 0.717) is 34.3 Å². The zero-order valence-corrected chi connectivity index (χ0v) is 17.4. The maximum Gasteiger partial charge on any atom is 0.169 e. The number of ether oxygens (including phenoxy) is 1. The lowest BCUT2D eigenvalue weighted by molar-refractivity contribution is 0.0699. The van der Waals surface area contributed by atoms with Crippen molar-refractivity contribution < 1.29 is 4.74 Å². The number of aromatic nitrogens is 3. The third-order valence-electron chi connectivity index (χ3n) is 5.79. The van der Waals surface area contributed by atoms with Crippen LogP contribution in [0.5, 0.6) is 0 Å². The number of hydrogen-bond donors (Lipinski definition) is 3. The summed E-state index contributed by atoms with van der Waals surface area (Å²) in [5.41, 5.74) is 7.55. The number of rotatable bonds is 6. The molecule has 156 valence electrons. The fourth-order valence-electron chi connectivity index (χ4n) is 4.02. The fraction of sp³-hybridized carbons (Fsp3) is 0.571. The van der Waals surface area contributed by atoms with Crippen LogP contribution >= 0.6 is 11.6 Å². The van der Waals surface area contributed by atoms with Gasteiger partial charge >= 0.3 is 0 Å². The van der Waals surface area contributed by atoms with Gasteiger partial charge in [0.25, 0.3) is 0 Å². The Morgan fingerprint density at radius 3 is 2.66 bits per heavy atom. The molecule has 0 unspecified atom stereocenters. The number of pyridine rings is 1. The van der Waals surface area contributed by atoms with Gasteiger partial charge in [-0.1, -0.05) is 30.9 Å². The summed E-state index contributed by atoms with van der Waals surface area (Å²) in [5, 5.41) is 7.46. The lowest BCUT2D eigenvalue weighted by atomic mass is 9.95. The first-order valence-electron chi connectivity index (χ1n) is 10.6. The molecule has 8 heteroatoms. The Hall–Kier alpha value is -2.12. The van der Waals surface area contributed by atoms with Gasteiger partial charge in [0, 0.05) is 37.6 Å². The van der Waals surface area contributed by atoms with E-state index >= 15 is 0 Å². The number of nitrogens with zero attached hydrogens (tertiary/aromatic N) is 3. The molecular formula is C21H29ClN6O. The Labute approximate surface area is 176 Å². The molecule has 3 heterocycles. The summed E-state index contributed by atoms with van der Waals surface area (Å²) in [7, 11) is 0. The van der Waals surface area contributed by atoms with Crippen LogP contribution in [0.4, 0.5) is 17.5 Å². The SMILES string of the molecule is Nc1ncc(-c2cc(NC3CCCCC3)ncc2Cl)nc1NCC1CCOCC1. The second kappa shape index (κ2) is 9.59. The van der Waals surface area contributed by atoms with Crippen LogP contribution in [0.1, 0.15) is 44.9 Å².